The molecule has 0 radical (unpaired) electrons. The Bertz CT molecular complexity index is 1260. The van der Waals surface area contributed by atoms with Crippen molar-refractivity contribution in [2.45, 2.75) is 51.0 Å². The minimum Gasteiger partial charge on any atom is -0.494 e. The first kappa shape index (κ1) is 23.2. The van der Waals surface area contributed by atoms with Crippen LogP contribution in [0.15, 0.2) is 66.7 Å². The fraction of sp³-hybridized carbons (Fsp3) is 0.333. The molecule has 1 saturated carbocycles. The maximum absolute atomic E-state index is 13.3. The van der Waals surface area contributed by atoms with E-state index in [1.54, 1.807) is 12.1 Å². The summed E-state index contributed by atoms with van der Waals surface area (Å²) in [6, 6.07) is 21.1. The highest BCUT2D eigenvalue weighted by Crippen LogP contribution is 2.46. The Labute approximate surface area is 206 Å². The Morgan fingerprint density at radius 3 is 2.43 bits per heavy atom. The summed E-state index contributed by atoms with van der Waals surface area (Å²) in [6.45, 7) is 2.56. The van der Waals surface area contributed by atoms with Gasteiger partial charge in [0.05, 0.1) is 6.61 Å². The molecule has 0 saturated heterocycles. The van der Waals surface area contributed by atoms with Gasteiger partial charge in [-0.25, -0.2) is 0 Å². The number of nitrogens with two attached hydrogens (primary N) is 1. The summed E-state index contributed by atoms with van der Waals surface area (Å²) in [5.41, 5.74) is 9.50. The van der Waals surface area contributed by atoms with E-state index in [1.807, 2.05) is 49.4 Å². The molecule has 1 aliphatic carbocycles. The average Bonchev–Trinajstić information content (AvgIpc) is 3.18. The molecular formula is C30H32N2O3. The fourth-order valence-corrected chi connectivity index (χ4v) is 5.97. The number of ether oxygens (including phenoxy) is 1. The number of hydrogen-bond donors (Lipinski definition) is 2. The Morgan fingerprint density at radius 1 is 0.971 bits per heavy atom. The molecule has 2 amide bonds. The number of benzene rings is 3. The van der Waals surface area contributed by atoms with Crippen LogP contribution in [0.4, 0.5) is 0 Å². The summed E-state index contributed by atoms with van der Waals surface area (Å²) in [5, 5.41) is 3.30. The van der Waals surface area contributed by atoms with E-state index in [0.717, 1.165) is 28.9 Å². The molecule has 0 spiro atoms. The zero-order valence-corrected chi connectivity index (χ0v) is 20.2. The van der Waals surface area contributed by atoms with Crippen LogP contribution in [0.25, 0.3) is 0 Å². The third kappa shape index (κ3) is 4.09. The predicted octanol–water partition coefficient (Wildman–Crippen LogP) is 5.34. The van der Waals surface area contributed by atoms with E-state index in [2.05, 4.69) is 17.4 Å². The summed E-state index contributed by atoms with van der Waals surface area (Å²) in [6.07, 6.45) is 7.09. The zero-order chi connectivity index (χ0) is 24.4. The van der Waals surface area contributed by atoms with E-state index < -0.39 is 11.4 Å². The van der Waals surface area contributed by atoms with Gasteiger partial charge in [-0.2, -0.15) is 0 Å². The van der Waals surface area contributed by atoms with E-state index in [1.165, 1.54) is 32.1 Å². The molecule has 35 heavy (non-hydrogen) atoms. The fourth-order valence-electron chi connectivity index (χ4n) is 5.97. The molecule has 1 heterocycles. The molecule has 0 bridgehead atoms. The molecule has 3 aromatic carbocycles. The largest absolute Gasteiger partial charge is 0.494 e. The van der Waals surface area contributed by atoms with Crippen LogP contribution in [0.3, 0.4) is 0 Å². The number of hydrogen-bond acceptors (Lipinski definition) is 3. The van der Waals surface area contributed by atoms with Crippen molar-refractivity contribution in [1.82, 2.24) is 5.32 Å². The van der Waals surface area contributed by atoms with Crippen molar-refractivity contribution in [3.8, 4) is 5.75 Å². The molecule has 5 nitrogen and oxygen atoms in total. The number of carbonyl (C=O) groups is 2. The van der Waals surface area contributed by atoms with Gasteiger partial charge in [-0.15, -0.1) is 0 Å². The highest BCUT2D eigenvalue weighted by atomic mass is 16.5. The Balaban J connectivity index is 1.78. The van der Waals surface area contributed by atoms with Crippen LogP contribution in [0.2, 0.25) is 0 Å². The van der Waals surface area contributed by atoms with Crippen molar-refractivity contribution in [1.29, 1.82) is 0 Å². The number of rotatable bonds is 7. The first-order valence-corrected chi connectivity index (χ1v) is 12.6. The molecule has 1 fully saturated rings. The average molecular weight is 469 g/mol. The quantitative estimate of drug-likeness (QED) is 0.491. The van der Waals surface area contributed by atoms with Gasteiger partial charge in [-0.3, -0.25) is 9.59 Å². The maximum atomic E-state index is 13.3. The van der Waals surface area contributed by atoms with Gasteiger partial charge >= 0.3 is 0 Å². The highest BCUT2D eigenvalue weighted by Gasteiger charge is 2.48. The van der Waals surface area contributed by atoms with Crippen LogP contribution in [0, 0.1) is 5.92 Å². The minimum atomic E-state index is -1.02. The molecule has 1 aliphatic heterocycles. The van der Waals surface area contributed by atoms with Crippen molar-refractivity contribution in [3.05, 3.63) is 100 Å². The molecule has 3 aromatic rings. The maximum Gasteiger partial charge on any atom is 0.252 e. The molecule has 3 N–H and O–H groups in total. The monoisotopic (exact) mass is 468 g/mol. The number of primary amides is 1. The van der Waals surface area contributed by atoms with Crippen molar-refractivity contribution in [2.24, 2.45) is 11.7 Å². The van der Waals surface area contributed by atoms with Gasteiger partial charge in [0.15, 0.2) is 0 Å². The number of carbonyl (C=O) groups excluding carboxylic acids is 2. The molecule has 1 unspecified atom stereocenters. The summed E-state index contributed by atoms with van der Waals surface area (Å²) >= 11 is 0. The van der Waals surface area contributed by atoms with E-state index in [-0.39, 0.29) is 5.91 Å². The van der Waals surface area contributed by atoms with Crippen molar-refractivity contribution >= 4 is 11.8 Å². The third-order valence-corrected chi connectivity index (χ3v) is 7.50. The van der Waals surface area contributed by atoms with Crippen LogP contribution in [0.1, 0.15) is 82.0 Å². The first-order valence-electron chi connectivity index (χ1n) is 12.6. The normalized spacial score (nSPS) is 19.7. The Kier molecular flexibility index (Phi) is 6.33. The van der Waals surface area contributed by atoms with E-state index >= 15 is 0 Å². The second-order valence-electron chi connectivity index (χ2n) is 9.62. The zero-order valence-electron chi connectivity index (χ0n) is 20.2. The minimum absolute atomic E-state index is 0.155. The van der Waals surface area contributed by atoms with Gasteiger partial charge in [0, 0.05) is 11.1 Å². The summed E-state index contributed by atoms with van der Waals surface area (Å²) in [5.74, 6) is 0.726. The summed E-state index contributed by atoms with van der Waals surface area (Å²) in [7, 11) is 0. The van der Waals surface area contributed by atoms with Gasteiger partial charge < -0.3 is 15.8 Å². The lowest BCUT2D eigenvalue weighted by Gasteiger charge is -2.36. The summed E-state index contributed by atoms with van der Waals surface area (Å²) < 4.78 is 5.88. The number of nitrogens with one attached hydrogen (secondary N) is 1. The van der Waals surface area contributed by atoms with Crippen LogP contribution >= 0.6 is 0 Å². The van der Waals surface area contributed by atoms with E-state index in [9.17, 15) is 9.59 Å². The van der Waals surface area contributed by atoms with Crippen LogP contribution in [-0.2, 0) is 12.0 Å². The van der Waals surface area contributed by atoms with Crippen LogP contribution in [-0.4, -0.2) is 18.4 Å². The number of fused-ring (bicyclic) bond motifs is 1. The molecule has 5 rings (SSSR count). The van der Waals surface area contributed by atoms with Gasteiger partial charge in [0.25, 0.3) is 5.91 Å². The van der Waals surface area contributed by atoms with Gasteiger partial charge in [0.1, 0.15) is 11.3 Å². The first-order chi connectivity index (χ1) is 17.0. The topological polar surface area (TPSA) is 81.4 Å². The lowest BCUT2D eigenvalue weighted by molar-refractivity contribution is 0.0942. The second kappa shape index (κ2) is 9.57. The van der Waals surface area contributed by atoms with E-state index in [4.69, 9.17) is 10.5 Å². The molecular weight excluding hydrogens is 436 g/mol. The molecule has 1 atom stereocenters. The summed E-state index contributed by atoms with van der Waals surface area (Å²) in [4.78, 5) is 25.9. The molecule has 0 aromatic heterocycles. The van der Waals surface area contributed by atoms with Crippen LogP contribution < -0.4 is 15.8 Å². The second-order valence-corrected chi connectivity index (χ2v) is 9.62. The Hall–Kier alpha value is -3.60. The molecule has 180 valence electrons. The van der Waals surface area contributed by atoms with Gasteiger partial charge in [-0.1, -0.05) is 74.6 Å². The number of amides is 2. The predicted molar refractivity (Wildman–Crippen MR) is 137 cm³/mol. The van der Waals surface area contributed by atoms with Crippen LogP contribution in [0.5, 0.6) is 5.75 Å². The Morgan fingerprint density at radius 2 is 1.69 bits per heavy atom. The van der Waals surface area contributed by atoms with Gasteiger partial charge in [-0.05, 0) is 65.8 Å². The SMILES string of the molecule is CCOc1ccc(C2(c3ccccc3C(N)=O)NC(=O)c3ccccc32)c(CC2CCCCC2)c1. The van der Waals surface area contributed by atoms with Crippen molar-refractivity contribution in [2.75, 3.05) is 6.61 Å². The standard InChI is InChI=1S/C30H32N2O3/c1-2-35-22-16-17-25(21(19-22)18-20-10-4-3-5-11-20)30(26-14-8-6-12-23(26)28(31)33)27-15-9-7-13-24(27)29(34)32-30/h6-9,12-17,19-20H,2-5,10-11,18H2,1H3,(H2,31,33)(H,32,34). The molecule has 2 aliphatic rings. The van der Waals surface area contributed by atoms with Crippen molar-refractivity contribution in [3.63, 3.8) is 0 Å². The van der Waals surface area contributed by atoms with E-state index in [0.29, 0.717) is 29.2 Å². The highest BCUT2D eigenvalue weighted by molar-refractivity contribution is 6.03. The smallest absolute Gasteiger partial charge is 0.252 e. The lowest BCUT2D eigenvalue weighted by Crippen LogP contribution is -2.44. The molecule has 5 heteroatoms. The third-order valence-electron chi connectivity index (χ3n) is 7.50. The lowest BCUT2D eigenvalue weighted by atomic mass is 9.72. The van der Waals surface area contributed by atoms with Gasteiger partial charge in [0.2, 0.25) is 5.91 Å². The van der Waals surface area contributed by atoms with Crippen molar-refractivity contribution < 1.29 is 14.3 Å².